The second-order valence-corrected chi connectivity index (χ2v) is 27.8. The van der Waals surface area contributed by atoms with E-state index < -0.39 is 97.5 Å². The summed E-state index contributed by atoms with van der Waals surface area (Å²) in [5.41, 5.74) is 0. The highest BCUT2D eigenvalue weighted by Crippen LogP contribution is 2.45. The fourth-order valence-corrected chi connectivity index (χ4v) is 11.6. The second-order valence-electron chi connectivity index (χ2n) is 24.9. The normalized spacial score (nSPS) is 14.5. The monoisotopic (exact) mass is 1270 g/mol. The Morgan fingerprint density at radius 1 is 0.337 bits per heavy atom. The maximum Gasteiger partial charge on any atom is 0.472 e. The highest BCUT2D eigenvalue weighted by atomic mass is 31.2. The Kier molecular flexibility index (Phi) is 58.0. The van der Waals surface area contributed by atoms with Gasteiger partial charge in [0.2, 0.25) is 0 Å². The number of phosphoric acid groups is 2. The molecule has 0 rings (SSSR count). The Bertz CT molecular complexity index is 1690. The topological polar surface area (TPSA) is 237 Å². The first-order valence-electron chi connectivity index (χ1n) is 35.0. The summed E-state index contributed by atoms with van der Waals surface area (Å²) >= 11 is 0. The lowest BCUT2D eigenvalue weighted by atomic mass is 10.00. The Balaban J connectivity index is 5.20. The molecule has 86 heavy (non-hydrogen) atoms. The fourth-order valence-electron chi connectivity index (χ4n) is 10.0. The van der Waals surface area contributed by atoms with E-state index in [4.69, 9.17) is 37.0 Å². The summed E-state index contributed by atoms with van der Waals surface area (Å²) < 4.78 is 68.0. The molecule has 0 amide bonds. The molecular formula is C67H130O17P2. The van der Waals surface area contributed by atoms with Gasteiger partial charge in [-0.3, -0.25) is 37.3 Å². The molecule has 0 aliphatic heterocycles. The number of hydrogen-bond acceptors (Lipinski definition) is 15. The van der Waals surface area contributed by atoms with Crippen LogP contribution in [-0.2, 0) is 65.4 Å². The van der Waals surface area contributed by atoms with E-state index in [0.29, 0.717) is 25.7 Å². The van der Waals surface area contributed by atoms with Gasteiger partial charge in [0.05, 0.1) is 26.4 Å². The quantitative estimate of drug-likeness (QED) is 0.0222. The molecule has 0 aromatic heterocycles. The zero-order valence-corrected chi connectivity index (χ0v) is 57.4. The molecule has 0 saturated carbocycles. The first-order valence-corrected chi connectivity index (χ1v) is 38.0. The van der Waals surface area contributed by atoms with Crippen molar-refractivity contribution in [3.63, 3.8) is 0 Å². The van der Waals surface area contributed by atoms with Crippen molar-refractivity contribution in [3.8, 4) is 0 Å². The van der Waals surface area contributed by atoms with E-state index in [1.54, 1.807) is 0 Å². The summed E-state index contributed by atoms with van der Waals surface area (Å²) in [6.45, 7) is 9.42. The lowest BCUT2D eigenvalue weighted by Gasteiger charge is -2.21. The molecule has 510 valence electrons. The molecule has 0 aromatic rings. The number of carbonyl (C=O) groups is 4. The van der Waals surface area contributed by atoms with Crippen molar-refractivity contribution in [1.82, 2.24) is 0 Å². The van der Waals surface area contributed by atoms with Crippen LogP contribution in [0.2, 0.25) is 0 Å². The van der Waals surface area contributed by atoms with Crippen molar-refractivity contribution >= 4 is 39.5 Å². The van der Waals surface area contributed by atoms with E-state index in [-0.39, 0.29) is 25.7 Å². The molecule has 3 N–H and O–H groups in total. The average molecular weight is 1270 g/mol. The molecule has 6 atom stereocenters. The van der Waals surface area contributed by atoms with E-state index >= 15 is 0 Å². The third kappa shape index (κ3) is 59.7. The lowest BCUT2D eigenvalue weighted by molar-refractivity contribution is -0.161. The Morgan fingerprint density at radius 3 is 0.884 bits per heavy atom. The van der Waals surface area contributed by atoms with Crippen LogP contribution in [0.5, 0.6) is 0 Å². The van der Waals surface area contributed by atoms with Crippen molar-refractivity contribution in [2.75, 3.05) is 39.6 Å². The number of aliphatic hydroxyl groups is 1. The van der Waals surface area contributed by atoms with Gasteiger partial charge >= 0.3 is 39.5 Å². The molecule has 3 unspecified atom stereocenters. The second kappa shape index (κ2) is 59.4. The fraction of sp³-hybridized carbons (Fsp3) is 0.940. The van der Waals surface area contributed by atoms with Gasteiger partial charge < -0.3 is 33.8 Å². The van der Waals surface area contributed by atoms with Crippen LogP contribution < -0.4 is 0 Å². The summed E-state index contributed by atoms with van der Waals surface area (Å²) in [6, 6.07) is 0. The Hall–Kier alpha value is -1.94. The van der Waals surface area contributed by atoms with Crippen LogP contribution in [0, 0.1) is 11.8 Å². The van der Waals surface area contributed by atoms with Gasteiger partial charge in [0.15, 0.2) is 12.2 Å². The van der Waals surface area contributed by atoms with Crippen molar-refractivity contribution in [1.29, 1.82) is 0 Å². The molecule has 19 heteroatoms. The Morgan fingerprint density at radius 2 is 0.593 bits per heavy atom. The van der Waals surface area contributed by atoms with Crippen LogP contribution in [0.25, 0.3) is 0 Å². The molecule has 17 nitrogen and oxygen atoms in total. The van der Waals surface area contributed by atoms with Crippen molar-refractivity contribution in [3.05, 3.63) is 0 Å². The van der Waals surface area contributed by atoms with Gasteiger partial charge in [-0.25, -0.2) is 9.13 Å². The highest BCUT2D eigenvalue weighted by molar-refractivity contribution is 7.47. The number of rotatable bonds is 66. The number of esters is 4. The van der Waals surface area contributed by atoms with Gasteiger partial charge in [0, 0.05) is 25.7 Å². The Labute approximate surface area is 524 Å². The molecule has 0 fully saturated rings. The van der Waals surface area contributed by atoms with E-state index in [0.717, 1.165) is 115 Å². The molecule has 0 radical (unpaired) electrons. The van der Waals surface area contributed by atoms with Crippen LogP contribution >= 0.6 is 15.6 Å². The summed E-state index contributed by atoms with van der Waals surface area (Å²) in [6.07, 6.45) is 43.3. The summed E-state index contributed by atoms with van der Waals surface area (Å²) in [5, 5.41) is 10.5. The minimum atomic E-state index is -4.95. The smallest absolute Gasteiger partial charge is 0.462 e. The minimum Gasteiger partial charge on any atom is -0.462 e. The van der Waals surface area contributed by atoms with Gasteiger partial charge in [-0.1, -0.05) is 286 Å². The van der Waals surface area contributed by atoms with Crippen LogP contribution in [0.4, 0.5) is 0 Å². The zero-order valence-electron chi connectivity index (χ0n) is 55.6. The number of aliphatic hydroxyl groups excluding tert-OH is 1. The maximum atomic E-state index is 13.0. The first-order chi connectivity index (χ1) is 41.4. The third-order valence-corrected chi connectivity index (χ3v) is 17.7. The van der Waals surface area contributed by atoms with E-state index in [9.17, 15) is 43.2 Å². The number of phosphoric ester groups is 2. The molecular weight excluding hydrogens is 1140 g/mol. The van der Waals surface area contributed by atoms with Crippen LogP contribution in [0.3, 0.4) is 0 Å². The highest BCUT2D eigenvalue weighted by Gasteiger charge is 2.30. The number of hydrogen-bond donors (Lipinski definition) is 3. The van der Waals surface area contributed by atoms with Crippen LogP contribution in [0.1, 0.15) is 337 Å². The molecule has 0 aromatic carbocycles. The lowest BCUT2D eigenvalue weighted by Crippen LogP contribution is -2.30. The van der Waals surface area contributed by atoms with Crippen molar-refractivity contribution < 1.29 is 80.2 Å². The predicted molar refractivity (Wildman–Crippen MR) is 345 cm³/mol. The molecule has 0 aliphatic carbocycles. The third-order valence-electron chi connectivity index (χ3n) is 15.8. The molecule has 0 aliphatic rings. The summed E-state index contributed by atoms with van der Waals surface area (Å²) in [5.74, 6) is -0.671. The van der Waals surface area contributed by atoms with Gasteiger partial charge in [0.1, 0.15) is 19.3 Å². The maximum absolute atomic E-state index is 13.0. The van der Waals surface area contributed by atoms with Crippen LogP contribution in [0.15, 0.2) is 0 Å². The van der Waals surface area contributed by atoms with Gasteiger partial charge in [-0.15, -0.1) is 0 Å². The molecule has 0 heterocycles. The summed E-state index contributed by atoms with van der Waals surface area (Å²) in [4.78, 5) is 72.2. The van der Waals surface area contributed by atoms with Crippen molar-refractivity contribution in [2.24, 2.45) is 11.8 Å². The zero-order chi connectivity index (χ0) is 63.6. The number of carbonyl (C=O) groups excluding carboxylic acids is 4. The standard InChI is InChI=1S/C67H130O17P2/c1-7-10-12-14-16-17-18-19-20-21-22-23-24-27-32-39-45-51-66(71)83-62(56-78-65(70)50-44-38-31-28-25-26-30-35-41-47-59(4)5)57-81-85(73,74)79-53-61(68)54-80-86(75,76)82-58-63(55-77-64(69)49-43-37-29-15-13-11-8-2)84-67(72)52-46-40-34-33-36-42-48-60(6)9-3/h59-63,68H,7-58H2,1-6H3,(H,73,74)(H,75,76)/t60?,61-,62-,63-/m1/s1. The van der Waals surface area contributed by atoms with E-state index in [2.05, 4.69) is 41.5 Å². The van der Waals surface area contributed by atoms with E-state index in [1.807, 2.05) is 0 Å². The van der Waals surface area contributed by atoms with Gasteiger partial charge in [-0.05, 0) is 37.5 Å². The molecule has 0 bridgehead atoms. The SMILES string of the molecule is CCCCCCCCCCCCCCCCCCCC(=O)O[C@H](COC(=O)CCCCCCCCCCCC(C)C)COP(=O)(O)OC[C@@H](O)COP(=O)(O)OC[C@@H](COC(=O)CCCCCCCCC)OC(=O)CCCCCCCCC(C)CC. The van der Waals surface area contributed by atoms with Gasteiger partial charge in [-0.2, -0.15) is 0 Å². The van der Waals surface area contributed by atoms with Crippen molar-refractivity contribution in [2.45, 2.75) is 355 Å². The minimum absolute atomic E-state index is 0.103. The van der Waals surface area contributed by atoms with E-state index in [1.165, 1.54) is 141 Å². The van der Waals surface area contributed by atoms with Crippen LogP contribution in [-0.4, -0.2) is 96.7 Å². The summed E-state index contributed by atoms with van der Waals surface area (Å²) in [7, 11) is -9.89. The number of unbranched alkanes of at least 4 members (excludes halogenated alkanes) is 35. The largest absolute Gasteiger partial charge is 0.472 e. The average Bonchev–Trinajstić information content (AvgIpc) is 3.69. The molecule has 0 spiro atoms. The number of ether oxygens (including phenoxy) is 4. The first kappa shape index (κ1) is 84.1. The predicted octanol–water partition coefficient (Wildman–Crippen LogP) is 18.8. The van der Waals surface area contributed by atoms with Gasteiger partial charge in [0.25, 0.3) is 0 Å². The molecule has 0 saturated heterocycles.